The Kier molecular flexibility index (Phi) is 5.23. The molecule has 0 bridgehead atoms. The summed E-state index contributed by atoms with van der Waals surface area (Å²) in [4.78, 5) is 1.74. The molecule has 0 aliphatic heterocycles. The molecule has 2 unspecified atom stereocenters. The van der Waals surface area contributed by atoms with Gasteiger partial charge in [-0.2, -0.15) is 0 Å². The van der Waals surface area contributed by atoms with E-state index in [1.165, 1.54) is 30.6 Å². The third kappa shape index (κ3) is 3.61. The lowest BCUT2D eigenvalue weighted by molar-refractivity contribution is 0.257. The monoisotopic (exact) mass is 317 g/mol. The van der Waals surface area contributed by atoms with Crippen molar-refractivity contribution in [3.63, 3.8) is 0 Å². The molecule has 1 saturated carbocycles. The highest BCUT2D eigenvalue weighted by atomic mass is 32.2. The molecule has 1 heterocycles. The first-order chi connectivity index (χ1) is 9.44. The van der Waals surface area contributed by atoms with E-state index < -0.39 is 10.0 Å². The molecule has 0 amide bonds. The lowest BCUT2D eigenvalue weighted by atomic mass is 9.81. The molecule has 2 N–H and O–H groups in total. The number of sulfonamides is 1. The van der Waals surface area contributed by atoms with Crippen LogP contribution in [0.4, 0.5) is 0 Å². The van der Waals surface area contributed by atoms with Gasteiger partial charge in [-0.1, -0.05) is 26.2 Å². The van der Waals surface area contributed by atoms with Crippen LogP contribution in [0.1, 0.15) is 42.4 Å². The lowest BCUT2D eigenvalue weighted by Crippen LogP contribution is -2.33. The fourth-order valence-corrected chi connectivity index (χ4v) is 5.45. The molecule has 1 fully saturated rings. The minimum Gasteiger partial charge on any atom is -0.391 e. The molecule has 2 atom stereocenters. The second kappa shape index (κ2) is 6.56. The average Bonchev–Trinajstić information content (AvgIpc) is 2.80. The first-order valence-corrected chi connectivity index (χ1v) is 9.44. The molecular formula is C14H23NO3S2. The van der Waals surface area contributed by atoms with Crippen molar-refractivity contribution in [3.8, 4) is 0 Å². The molecule has 0 saturated heterocycles. The Morgan fingerprint density at radius 1 is 1.40 bits per heavy atom. The van der Waals surface area contributed by atoms with Crippen molar-refractivity contribution in [2.45, 2.75) is 51.0 Å². The number of aliphatic hydroxyl groups excluding tert-OH is 1. The number of nitrogens with one attached hydrogen (secondary N) is 1. The van der Waals surface area contributed by atoms with Gasteiger partial charge in [0.05, 0.1) is 11.5 Å². The molecule has 0 aromatic carbocycles. The van der Waals surface area contributed by atoms with Crippen LogP contribution in [0.15, 0.2) is 11.0 Å². The van der Waals surface area contributed by atoms with E-state index in [2.05, 4.69) is 11.6 Å². The zero-order valence-electron chi connectivity index (χ0n) is 12.1. The quantitative estimate of drug-likeness (QED) is 0.877. The van der Waals surface area contributed by atoms with Gasteiger partial charge in [-0.05, 0) is 31.2 Å². The van der Waals surface area contributed by atoms with Crippen LogP contribution in [0.2, 0.25) is 0 Å². The largest absolute Gasteiger partial charge is 0.391 e. The normalized spacial score (nSPS) is 23.9. The number of thiophene rings is 1. The van der Waals surface area contributed by atoms with Gasteiger partial charge in [-0.3, -0.25) is 0 Å². The fourth-order valence-electron chi connectivity index (χ4n) is 2.86. The van der Waals surface area contributed by atoms with E-state index in [0.29, 0.717) is 28.2 Å². The highest BCUT2D eigenvalue weighted by Crippen LogP contribution is 2.30. The molecule has 20 heavy (non-hydrogen) atoms. The molecule has 114 valence electrons. The Bertz CT molecular complexity index is 551. The molecular weight excluding hydrogens is 294 g/mol. The molecule has 1 aliphatic rings. The first kappa shape index (κ1) is 15.9. The van der Waals surface area contributed by atoms with E-state index in [1.54, 1.807) is 13.0 Å². The van der Waals surface area contributed by atoms with Crippen molar-refractivity contribution in [1.29, 1.82) is 0 Å². The first-order valence-electron chi connectivity index (χ1n) is 7.14. The highest BCUT2D eigenvalue weighted by molar-refractivity contribution is 7.89. The maximum absolute atomic E-state index is 12.3. The molecule has 1 aromatic rings. The Balaban J connectivity index is 2.05. The maximum atomic E-state index is 12.3. The minimum absolute atomic E-state index is 0.110. The van der Waals surface area contributed by atoms with Crippen LogP contribution in [0, 0.1) is 18.8 Å². The zero-order valence-corrected chi connectivity index (χ0v) is 13.7. The summed E-state index contributed by atoms with van der Waals surface area (Å²) in [5.74, 6) is 1.03. The second-order valence-corrected chi connectivity index (χ2v) is 8.74. The van der Waals surface area contributed by atoms with Crippen LogP contribution in [0.3, 0.4) is 0 Å². The predicted octanol–water partition coefficient (Wildman–Crippen LogP) is 2.65. The third-order valence-electron chi connectivity index (χ3n) is 4.19. The lowest BCUT2D eigenvalue weighted by Gasteiger charge is -2.28. The molecule has 1 aliphatic carbocycles. The van der Waals surface area contributed by atoms with Crippen LogP contribution in [0.5, 0.6) is 0 Å². The molecule has 0 spiro atoms. The Morgan fingerprint density at radius 3 is 2.70 bits per heavy atom. The number of aliphatic hydroxyl groups is 1. The number of hydrogen-bond donors (Lipinski definition) is 2. The smallest absolute Gasteiger partial charge is 0.241 e. The summed E-state index contributed by atoms with van der Waals surface area (Å²) in [6.45, 7) is 4.40. The van der Waals surface area contributed by atoms with E-state index in [0.717, 1.165) is 11.3 Å². The van der Waals surface area contributed by atoms with Gasteiger partial charge in [0.15, 0.2) is 0 Å². The zero-order chi connectivity index (χ0) is 14.8. The summed E-state index contributed by atoms with van der Waals surface area (Å²) < 4.78 is 27.4. The molecule has 0 radical (unpaired) electrons. The van der Waals surface area contributed by atoms with Crippen molar-refractivity contribution in [3.05, 3.63) is 15.8 Å². The summed E-state index contributed by atoms with van der Waals surface area (Å²) in [7, 11) is -3.45. The average molecular weight is 317 g/mol. The van der Waals surface area contributed by atoms with Crippen molar-refractivity contribution in [2.75, 3.05) is 6.54 Å². The summed E-state index contributed by atoms with van der Waals surface area (Å²) in [5, 5.41) is 9.10. The fraction of sp³-hybridized carbons (Fsp3) is 0.714. The van der Waals surface area contributed by atoms with Gasteiger partial charge in [0.25, 0.3) is 0 Å². The van der Waals surface area contributed by atoms with Gasteiger partial charge < -0.3 is 5.11 Å². The van der Waals surface area contributed by atoms with Crippen LogP contribution in [0.25, 0.3) is 0 Å². The Hall–Kier alpha value is -0.430. The van der Waals surface area contributed by atoms with E-state index in [1.807, 2.05) is 0 Å². The van der Waals surface area contributed by atoms with Gasteiger partial charge in [0.1, 0.15) is 0 Å². The van der Waals surface area contributed by atoms with Crippen LogP contribution < -0.4 is 4.72 Å². The molecule has 2 rings (SSSR count). The molecule has 4 nitrogen and oxygen atoms in total. The Labute approximate surface area is 125 Å². The minimum atomic E-state index is -3.45. The number of hydrogen-bond acceptors (Lipinski definition) is 4. The van der Waals surface area contributed by atoms with Gasteiger partial charge in [0.2, 0.25) is 10.0 Å². The van der Waals surface area contributed by atoms with Crippen molar-refractivity contribution >= 4 is 21.4 Å². The van der Waals surface area contributed by atoms with Crippen LogP contribution in [-0.4, -0.2) is 20.1 Å². The van der Waals surface area contributed by atoms with E-state index in [-0.39, 0.29) is 6.61 Å². The number of aryl methyl sites for hydroxylation is 1. The van der Waals surface area contributed by atoms with Crippen molar-refractivity contribution in [2.24, 2.45) is 11.8 Å². The predicted molar refractivity (Wildman–Crippen MR) is 81.3 cm³/mol. The summed E-state index contributed by atoms with van der Waals surface area (Å²) >= 11 is 1.33. The summed E-state index contributed by atoms with van der Waals surface area (Å²) in [6, 6.07) is 1.58. The highest BCUT2D eigenvalue weighted by Gasteiger charge is 2.25. The second-order valence-electron chi connectivity index (χ2n) is 5.66. The summed E-state index contributed by atoms with van der Waals surface area (Å²) in [5.41, 5.74) is 0. The summed E-state index contributed by atoms with van der Waals surface area (Å²) in [6.07, 6.45) is 4.75. The van der Waals surface area contributed by atoms with E-state index in [4.69, 9.17) is 5.11 Å². The van der Waals surface area contributed by atoms with Gasteiger partial charge in [-0.25, -0.2) is 13.1 Å². The van der Waals surface area contributed by atoms with E-state index in [9.17, 15) is 8.42 Å². The van der Waals surface area contributed by atoms with Crippen molar-refractivity contribution in [1.82, 2.24) is 4.72 Å². The van der Waals surface area contributed by atoms with Gasteiger partial charge in [-0.15, -0.1) is 11.3 Å². The van der Waals surface area contributed by atoms with Crippen LogP contribution in [-0.2, 0) is 16.6 Å². The molecule has 1 aromatic heterocycles. The van der Waals surface area contributed by atoms with Crippen LogP contribution >= 0.6 is 11.3 Å². The Morgan fingerprint density at radius 2 is 2.10 bits per heavy atom. The molecule has 6 heteroatoms. The van der Waals surface area contributed by atoms with Gasteiger partial charge >= 0.3 is 0 Å². The standard InChI is InChI=1S/C14H23NO3S2/c1-10-5-3-4-6-12(10)8-15-20(17,18)14-7-13(9-16)19-11(14)2/h7,10,12,15-16H,3-6,8-9H2,1-2H3. The third-order valence-corrected chi connectivity index (χ3v) is 6.91. The number of rotatable bonds is 5. The topological polar surface area (TPSA) is 66.4 Å². The van der Waals surface area contributed by atoms with Crippen molar-refractivity contribution < 1.29 is 13.5 Å². The van der Waals surface area contributed by atoms with Gasteiger partial charge in [0, 0.05) is 16.3 Å². The SMILES string of the molecule is Cc1sc(CO)cc1S(=O)(=O)NCC1CCCCC1C. The maximum Gasteiger partial charge on any atom is 0.241 e. The van der Waals surface area contributed by atoms with E-state index >= 15 is 0 Å².